The van der Waals surface area contributed by atoms with Gasteiger partial charge in [-0.15, -0.1) is 13.2 Å². The Bertz CT molecular complexity index is 158. The monoisotopic (exact) mass is 250 g/mol. The van der Waals surface area contributed by atoms with Crippen molar-refractivity contribution in [2.45, 2.75) is 26.3 Å². The molecule has 0 saturated heterocycles. The Kier molecular flexibility index (Phi) is 15.7. The number of aliphatic hydroxyl groups excluding tert-OH is 2. The molecule has 0 aromatic carbocycles. The molecule has 0 aromatic rings. The molecule has 0 aliphatic rings. The lowest BCUT2D eigenvalue weighted by Gasteiger charge is -2.02. The summed E-state index contributed by atoms with van der Waals surface area (Å²) in [5.41, 5.74) is 0. The minimum atomic E-state index is -4.83. The van der Waals surface area contributed by atoms with Gasteiger partial charge < -0.3 is 19.7 Å². The number of carbonyl (C=O) groups is 1. The van der Waals surface area contributed by atoms with Crippen LogP contribution in [0.2, 0.25) is 0 Å². The molecule has 0 radical (unpaired) electrons. The summed E-state index contributed by atoms with van der Waals surface area (Å²) in [4.78, 5) is 9.52. The minimum absolute atomic E-state index is 0.139. The molecule has 100 valence electrons. The maximum Gasteiger partial charge on any atom is 0.575 e. The van der Waals surface area contributed by atoms with E-state index in [1.807, 2.05) is 0 Å². The number of methoxy groups -OCH3 is 1. The lowest BCUT2D eigenvalue weighted by atomic mass is 10.5. The second-order valence-electron chi connectivity index (χ2n) is 2.48. The van der Waals surface area contributed by atoms with Gasteiger partial charge in [-0.25, -0.2) is 0 Å². The maximum atomic E-state index is 10.9. The van der Waals surface area contributed by atoms with Crippen LogP contribution in [0.3, 0.4) is 0 Å². The Morgan fingerprint density at radius 3 is 1.62 bits per heavy atom. The summed E-state index contributed by atoms with van der Waals surface area (Å²) in [6, 6.07) is 0. The highest BCUT2D eigenvalue weighted by atomic mass is 19.4. The quantitative estimate of drug-likeness (QED) is 0.670. The average Bonchev–Trinajstić information content (AvgIpc) is 2.01. The lowest BCUT2D eigenvalue weighted by Crippen LogP contribution is -2.16. The van der Waals surface area contributed by atoms with Crippen molar-refractivity contribution in [3.05, 3.63) is 0 Å². The second kappa shape index (κ2) is 12.2. The van der Waals surface area contributed by atoms with Crippen LogP contribution in [0.25, 0.3) is 0 Å². The zero-order valence-electron chi connectivity index (χ0n) is 9.54. The average molecular weight is 250 g/mol. The van der Waals surface area contributed by atoms with Crippen molar-refractivity contribution < 1.29 is 37.7 Å². The van der Waals surface area contributed by atoms with E-state index in [1.54, 1.807) is 14.2 Å². The van der Waals surface area contributed by atoms with E-state index in [0.29, 0.717) is 6.92 Å². The Morgan fingerprint density at radius 1 is 1.38 bits per heavy atom. The summed E-state index contributed by atoms with van der Waals surface area (Å²) in [5.74, 6) is -1.35. The van der Waals surface area contributed by atoms with Crippen molar-refractivity contribution in [1.82, 2.24) is 0 Å². The fourth-order valence-corrected chi connectivity index (χ4v) is 0.163. The molecule has 1 atom stereocenters. The molecule has 0 aliphatic heterocycles. The van der Waals surface area contributed by atoms with Crippen LogP contribution in [-0.2, 0) is 14.3 Å². The molecule has 2 N–H and O–H groups in total. The number of carbonyl (C=O) groups excluding carboxylic acids is 1. The predicted octanol–water partition coefficient (Wildman–Crippen LogP) is 0.691. The molecule has 0 spiro atoms. The fraction of sp³-hybridized carbons (Fsp3) is 0.875. The molecule has 16 heavy (non-hydrogen) atoms. The summed E-state index contributed by atoms with van der Waals surface area (Å²) in [5, 5.41) is 16.0. The molecule has 1 unspecified atom stereocenters. The van der Waals surface area contributed by atoms with Crippen molar-refractivity contribution in [3.63, 3.8) is 0 Å². The summed E-state index contributed by atoms with van der Waals surface area (Å²) in [6.07, 6.45) is -5.39. The van der Waals surface area contributed by atoms with Crippen LogP contribution < -0.4 is 0 Å². The van der Waals surface area contributed by atoms with Gasteiger partial charge in [0.05, 0.1) is 12.7 Å². The summed E-state index contributed by atoms with van der Waals surface area (Å²) < 4.78 is 39.6. The highest BCUT2D eigenvalue weighted by Crippen LogP contribution is 2.15. The van der Waals surface area contributed by atoms with Gasteiger partial charge in [-0.2, -0.15) is 0 Å². The van der Waals surface area contributed by atoms with E-state index < -0.39 is 18.4 Å². The van der Waals surface area contributed by atoms with E-state index in [-0.39, 0.29) is 6.61 Å². The first-order valence-electron chi connectivity index (χ1n) is 4.06. The molecular formula is C8H17F3O5. The molecule has 8 heteroatoms. The van der Waals surface area contributed by atoms with Gasteiger partial charge in [0.1, 0.15) is 0 Å². The third-order valence-corrected chi connectivity index (χ3v) is 0.524. The van der Waals surface area contributed by atoms with E-state index in [4.69, 9.17) is 10.2 Å². The van der Waals surface area contributed by atoms with Crippen molar-refractivity contribution in [2.24, 2.45) is 0 Å². The third kappa shape index (κ3) is 51.4. The number of aliphatic hydroxyl groups is 2. The van der Waals surface area contributed by atoms with E-state index in [0.717, 1.165) is 0 Å². The first kappa shape index (κ1) is 20.5. The van der Waals surface area contributed by atoms with E-state index >= 15 is 0 Å². The number of halogens is 3. The minimum Gasteiger partial charge on any atom is -0.394 e. The molecule has 0 bridgehead atoms. The molecular weight excluding hydrogens is 233 g/mol. The van der Waals surface area contributed by atoms with Crippen LogP contribution in [0, 0.1) is 0 Å². The van der Waals surface area contributed by atoms with Gasteiger partial charge >= 0.3 is 12.3 Å². The number of rotatable bonds is 1. The number of ether oxygens (including phenoxy) is 2. The molecule has 0 saturated carbocycles. The van der Waals surface area contributed by atoms with E-state index in [9.17, 15) is 18.0 Å². The Balaban J connectivity index is -0.000000181. The van der Waals surface area contributed by atoms with Gasteiger partial charge in [-0.1, -0.05) is 0 Å². The van der Waals surface area contributed by atoms with Crippen molar-refractivity contribution in [2.75, 3.05) is 20.8 Å². The number of hydrogen-bond donors (Lipinski definition) is 2. The van der Waals surface area contributed by atoms with Crippen molar-refractivity contribution in [3.8, 4) is 0 Å². The van der Waals surface area contributed by atoms with Crippen molar-refractivity contribution >= 4 is 5.97 Å². The lowest BCUT2D eigenvalue weighted by molar-refractivity contribution is -0.304. The molecule has 0 rings (SSSR count). The zero-order valence-corrected chi connectivity index (χ0v) is 9.54. The summed E-state index contributed by atoms with van der Waals surface area (Å²) >= 11 is 0. The Labute approximate surface area is 91.8 Å². The van der Waals surface area contributed by atoms with Gasteiger partial charge in [0, 0.05) is 21.1 Å². The van der Waals surface area contributed by atoms with Crippen LogP contribution >= 0.6 is 0 Å². The Morgan fingerprint density at radius 2 is 1.62 bits per heavy atom. The molecule has 0 aromatic heterocycles. The fourth-order valence-electron chi connectivity index (χ4n) is 0.163. The number of esters is 1. The highest BCUT2D eigenvalue weighted by Gasteiger charge is 2.32. The standard InChI is InChI=1S/C3H3F3O2.C3H8O2.C2H6O/c1-2(7)8-3(4,5)6;1-3(5)2-4;1-3-2/h1H3;3-5H,2H2,1H3;1-2H3. The molecule has 0 heterocycles. The molecule has 0 amide bonds. The highest BCUT2D eigenvalue weighted by molar-refractivity contribution is 5.66. The van der Waals surface area contributed by atoms with Gasteiger partial charge in [0.2, 0.25) is 0 Å². The SMILES string of the molecule is CC(=O)OC(F)(F)F.CC(O)CO.COC. The van der Waals surface area contributed by atoms with Gasteiger partial charge in [0.25, 0.3) is 0 Å². The first-order chi connectivity index (χ1) is 7.10. The molecule has 0 aliphatic carbocycles. The molecule has 5 nitrogen and oxygen atoms in total. The number of hydrogen-bond acceptors (Lipinski definition) is 5. The van der Waals surface area contributed by atoms with Gasteiger partial charge in [-0.05, 0) is 6.92 Å². The summed E-state index contributed by atoms with van der Waals surface area (Å²) in [7, 11) is 3.25. The van der Waals surface area contributed by atoms with Crippen LogP contribution in [0.15, 0.2) is 0 Å². The second-order valence-corrected chi connectivity index (χ2v) is 2.48. The van der Waals surface area contributed by atoms with Crippen LogP contribution in [-0.4, -0.2) is 49.5 Å². The first-order valence-corrected chi connectivity index (χ1v) is 4.06. The van der Waals surface area contributed by atoms with E-state index in [2.05, 4.69) is 9.47 Å². The smallest absolute Gasteiger partial charge is 0.394 e. The third-order valence-electron chi connectivity index (χ3n) is 0.524. The summed E-state index contributed by atoms with van der Waals surface area (Å²) in [6.45, 7) is 2.08. The van der Waals surface area contributed by atoms with Crippen molar-refractivity contribution in [1.29, 1.82) is 0 Å². The van der Waals surface area contributed by atoms with Crippen LogP contribution in [0.5, 0.6) is 0 Å². The van der Waals surface area contributed by atoms with Gasteiger partial charge in [0.15, 0.2) is 0 Å². The predicted molar refractivity (Wildman–Crippen MR) is 49.5 cm³/mol. The topological polar surface area (TPSA) is 76.0 Å². The Hall–Kier alpha value is -0.860. The van der Waals surface area contributed by atoms with Crippen LogP contribution in [0.1, 0.15) is 13.8 Å². The van der Waals surface area contributed by atoms with Crippen LogP contribution in [0.4, 0.5) is 13.2 Å². The normalized spacial score (nSPS) is 11.3. The zero-order chi connectivity index (χ0) is 13.8. The van der Waals surface area contributed by atoms with E-state index in [1.165, 1.54) is 6.92 Å². The van der Waals surface area contributed by atoms with Gasteiger partial charge in [-0.3, -0.25) is 4.79 Å². The largest absolute Gasteiger partial charge is 0.575 e. The maximum absolute atomic E-state index is 10.9. The molecule has 0 fully saturated rings. The number of alkyl halides is 3.